The van der Waals surface area contributed by atoms with E-state index < -0.39 is 22.5 Å². The molecule has 0 spiro atoms. The summed E-state index contributed by atoms with van der Waals surface area (Å²) in [7, 11) is -3.97. The second kappa shape index (κ2) is 11.7. The van der Waals surface area contributed by atoms with Crippen molar-refractivity contribution >= 4 is 33.5 Å². The van der Waals surface area contributed by atoms with Gasteiger partial charge in [0.2, 0.25) is 0 Å². The molecule has 8 heteroatoms. The van der Waals surface area contributed by atoms with Crippen molar-refractivity contribution in [1.29, 1.82) is 0 Å². The van der Waals surface area contributed by atoms with Gasteiger partial charge >= 0.3 is 0 Å². The number of amides is 1. The zero-order valence-corrected chi connectivity index (χ0v) is 21.4. The molecule has 7 nitrogen and oxygen atoms in total. The van der Waals surface area contributed by atoms with E-state index in [4.69, 9.17) is 0 Å². The number of anilines is 2. The van der Waals surface area contributed by atoms with E-state index in [9.17, 15) is 13.2 Å². The molecule has 184 valence electrons. The van der Waals surface area contributed by atoms with Crippen molar-refractivity contribution in [2.75, 3.05) is 28.8 Å². The molecular weight excluding hydrogens is 460 g/mol. The molecule has 3 aromatic carbocycles. The number of para-hydroxylation sites is 1. The van der Waals surface area contributed by atoms with Crippen LogP contribution in [-0.4, -0.2) is 40.2 Å². The van der Waals surface area contributed by atoms with Crippen LogP contribution in [0.5, 0.6) is 0 Å². The maximum Gasteiger partial charge on any atom is 0.264 e. The van der Waals surface area contributed by atoms with E-state index in [1.165, 1.54) is 6.21 Å². The molecule has 0 aliphatic carbocycles. The average molecular weight is 493 g/mol. The number of hydrazone groups is 1. The number of aryl methyl sites for hydroxylation is 2. The molecule has 0 heterocycles. The summed E-state index contributed by atoms with van der Waals surface area (Å²) in [4.78, 5) is 15.1. The van der Waals surface area contributed by atoms with Crippen molar-refractivity contribution in [2.24, 2.45) is 5.10 Å². The van der Waals surface area contributed by atoms with Crippen LogP contribution in [0.15, 0.2) is 82.8 Å². The van der Waals surface area contributed by atoms with Crippen LogP contribution in [0.3, 0.4) is 0 Å². The molecular formula is C27H32N4O3S. The van der Waals surface area contributed by atoms with E-state index in [0.29, 0.717) is 5.69 Å². The minimum Gasteiger partial charge on any atom is -0.372 e. The largest absolute Gasteiger partial charge is 0.372 e. The van der Waals surface area contributed by atoms with Gasteiger partial charge in [-0.05, 0) is 69.2 Å². The summed E-state index contributed by atoms with van der Waals surface area (Å²) >= 11 is 0. The molecule has 1 amide bonds. The van der Waals surface area contributed by atoms with Crippen LogP contribution in [0.25, 0.3) is 0 Å². The lowest BCUT2D eigenvalue weighted by molar-refractivity contribution is -0.119. The Bertz CT molecular complexity index is 1270. The zero-order chi connectivity index (χ0) is 25.4. The van der Waals surface area contributed by atoms with E-state index >= 15 is 0 Å². The highest BCUT2D eigenvalue weighted by Crippen LogP contribution is 2.26. The molecule has 0 aliphatic heterocycles. The average Bonchev–Trinajstić information content (AvgIpc) is 2.85. The Morgan fingerprint density at radius 3 is 2.14 bits per heavy atom. The standard InChI is InChI=1S/C27H32N4O3S/c1-5-30(6-2)24-15-13-23(14-16-24)19-28-29-27(32)20-31(26-10-8-7-9-22(26)4)35(33,34)25-17-11-21(3)12-18-25/h7-19H,5-6,20H2,1-4H3,(H,29,32)/b28-19+. The number of hydrogen-bond acceptors (Lipinski definition) is 5. The van der Waals surface area contributed by atoms with Gasteiger partial charge in [-0.25, -0.2) is 13.8 Å². The van der Waals surface area contributed by atoms with Gasteiger partial charge in [0.1, 0.15) is 6.54 Å². The summed E-state index contributed by atoms with van der Waals surface area (Å²) in [5.74, 6) is -0.542. The Hall–Kier alpha value is -3.65. The molecule has 0 bridgehead atoms. The van der Waals surface area contributed by atoms with Crippen LogP contribution in [-0.2, 0) is 14.8 Å². The monoisotopic (exact) mass is 492 g/mol. The predicted molar refractivity (Wildman–Crippen MR) is 143 cm³/mol. The van der Waals surface area contributed by atoms with Gasteiger partial charge in [0.15, 0.2) is 0 Å². The van der Waals surface area contributed by atoms with E-state index in [1.807, 2.05) is 50.2 Å². The van der Waals surface area contributed by atoms with Crippen molar-refractivity contribution in [3.05, 3.63) is 89.5 Å². The quantitative estimate of drug-likeness (QED) is 0.334. The molecule has 0 unspecified atom stereocenters. The van der Waals surface area contributed by atoms with Crippen molar-refractivity contribution in [3.63, 3.8) is 0 Å². The van der Waals surface area contributed by atoms with Gasteiger partial charge in [-0.2, -0.15) is 5.10 Å². The number of carbonyl (C=O) groups is 1. The van der Waals surface area contributed by atoms with Crippen LogP contribution in [0.2, 0.25) is 0 Å². The maximum atomic E-state index is 13.5. The molecule has 0 atom stereocenters. The molecule has 0 saturated carbocycles. The summed E-state index contributed by atoms with van der Waals surface area (Å²) in [5.41, 5.74) is 6.53. The summed E-state index contributed by atoms with van der Waals surface area (Å²) in [6, 6.07) is 21.5. The van der Waals surface area contributed by atoms with E-state index in [-0.39, 0.29) is 4.90 Å². The van der Waals surface area contributed by atoms with E-state index in [2.05, 4.69) is 29.3 Å². The third kappa shape index (κ3) is 6.48. The number of benzene rings is 3. The van der Waals surface area contributed by atoms with Gasteiger partial charge in [0, 0.05) is 18.8 Å². The lowest BCUT2D eigenvalue weighted by Gasteiger charge is -2.25. The minimum absolute atomic E-state index is 0.121. The molecule has 35 heavy (non-hydrogen) atoms. The van der Waals surface area contributed by atoms with Crippen LogP contribution in [0.4, 0.5) is 11.4 Å². The normalized spacial score (nSPS) is 11.4. The van der Waals surface area contributed by atoms with Crippen LogP contribution in [0, 0.1) is 13.8 Å². The SMILES string of the molecule is CCN(CC)c1ccc(/C=N/NC(=O)CN(c2ccccc2C)S(=O)(=O)c2ccc(C)cc2)cc1. The number of rotatable bonds is 10. The number of nitrogens with one attached hydrogen (secondary N) is 1. The van der Waals surface area contributed by atoms with Gasteiger partial charge < -0.3 is 4.90 Å². The van der Waals surface area contributed by atoms with Crippen LogP contribution >= 0.6 is 0 Å². The Balaban J connectivity index is 1.77. The molecule has 1 N–H and O–H groups in total. The first-order valence-corrected chi connectivity index (χ1v) is 13.0. The van der Waals surface area contributed by atoms with Gasteiger partial charge in [-0.3, -0.25) is 9.10 Å². The Morgan fingerprint density at radius 1 is 0.914 bits per heavy atom. The van der Waals surface area contributed by atoms with Crippen molar-refractivity contribution in [1.82, 2.24) is 5.43 Å². The van der Waals surface area contributed by atoms with E-state index in [1.54, 1.807) is 36.4 Å². The Morgan fingerprint density at radius 2 is 1.54 bits per heavy atom. The lowest BCUT2D eigenvalue weighted by atomic mass is 10.2. The van der Waals surface area contributed by atoms with Gasteiger partial charge in [0.05, 0.1) is 16.8 Å². The zero-order valence-electron chi connectivity index (χ0n) is 20.6. The number of carbonyl (C=O) groups excluding carboxylic acids is 1. The van der Waals surface area contributed by atoms with Crippen molar-refractivity contribution in [3.8, 4) is 0 Å². The first-order valence-electron chi connectivity index (χ1n) is 11.6. The second-order valence-electron chi connectivity index (χ2n) is 8.17. The fourth-order valence-electron chi connectivity index (χ4n) is 3.68. The lowest BCUT2D eigenvalue weighted by Crippen LogP contribution is -2.40. The predicted octanol–water partition coefficient (Wildman–Crippen LogP) is 4.50. The number of hydrogen-bond donors (Lipinski definition) is 1. The van der Waals surface area contributed by atoms with Crippen LogP contribution in [0.1, 0.15) is 30.5 Å². The molecule has 3 aromatic rings. The highest BCUT2D eigenvalue weighted by Gasteiger charge is 2.28. The van der Waals surface area contributed by atoms with Crippen molar-refractivity contribution in [2.45, 2.75) is 32.6 Å². The molecule has 3 rings (SSSR count). The maximum absolute atomic E-state index is 13.5. The highest BCUT2D eigenvalue weighted by atomic mass is 32.2. The minimum atomic E-state index is -3.97. The first kappa shape index (κ1) is 26.0. The summed E-state index contributed by atoms with van der Waals surface area (Å²) < 4.78 is 28.1. The van der Waals surface area contributed by atoms with Crippen LogP contribution < -0.4 is 14.6 Å². The van der Waals surface area contributed by atoms with Gasteiger partial charge in [0.25, 0.3) is 15.9 Å². The molecule has 0 aliphatic rings. The fraction of sp³-hybridized carbons (Fsp3) is 0.259. The molecule has 0 radical (unpaired) electrons. The molecule has 0 aromatic heterocycles. The summed E-state index contributed by atoms with van der Waals surface area (Å²) in [6.07, 6.45) is 1.54. The third-order valence-electron chi connectivity index (χ3n) is 5.70. The molecule has 0 fully saturated rings. The topological polar surface area (TPSA) is 82.1 Å². The number of nitrogens with zero attached hydrogens (tertiary/aromatic N) is 3. The summed E-state index contributed by atoms with van der Waals surface area (Å²) in [5, 5.41) is 4.03. The Labute approximate surface area is 208 Å². The Kier molecular flexibility index (Phi) is 8.65. The van der Waals surface area contributed by atoms with Gasteiger partial charge in [-0.1, -0.05) is 48.0 Å². The number of sulfonamides is 1. The summed E-state index contributed by atoms with van der Waals surface area (Å²) in [6.45, 7) is 9.34. The highest BCUT2D eigenvalue weighted by molar-refractivity contribution is 7.92. The second-order valence-corrected chi connectivity index (χ2v) is 10.0. The smallest absolute Gasteiger partial charge is 0.264 e. The van der Waals surface area contributed by atoms with E-state index in [0.717, 1.165) is 39.8 Å². The fourth-order valence-corrected chi connectivity index (χ4v) is 5.17. The third-order valence-corrected chi connectivity index (χ3v) is 7.48. The molecule has 0 saturated heterocycles. The first-order chi connectivity index (χ1) is 16.8. The van der Waals surface area contributed by atoms with Gasteiger partial charge in [-0.15, -0.1) is 0 Å². The van der Waals surface area contributed by atoms with Crippen molar-refractivity contribution < 1.29 is 13.2 Å².